The molecule has 0 spiro atoms. The number of hydrogen-bond donors (Lipinski definition) is 8. The van der Waals surface area contributed by atoms with Crippen LogP contribution in [0.4, 0.5) is 0 Å². The molecule has 12 heteroatoms. The molecule has 11 nitrogen and oxygen atoms in total. The zero-order valence-electron chi connectivity index (χ0n) is 21.7. The van der Waals surface area contributed by atoms with Gasteiger partial charge in [0.2, 0.25) is 0 Å². The van der Waals surface area contributed by atoms with E-state index in [4.69, 9.17) is 51.5 Å². The van der Waals surface area contributed by atoms with Crippen molar-refractivity contribution in [2.45, 2.75) is 110 Å². The smallest absolute Gasteiger partial charge is 0.660 e. The van der Waals surface area contributed by atoms with Crippen LogP contribution in [0.2, 0.25) is 0 Å². The van der Waals surface area contributed by atoms with E-state index < -0.39 is 31.6 Å². The Hall–Kier alpha value is 0.0795. The van der Waals surface area contributed by atoms with Crippen molar-refractivity contribution in [3.8, 4) is 0 Å². The van der Waals surface area contributed by atoms with Gasteiger partial charge in [0.25, 0.3) is 0 Å². The van der Waals surface area contributed by atoms with Gasteiger partial charge in [-0.15, -0.1) is 25.2 Å². The Morgan fingerprint density at radius 3 is 1.34 bits per heavy atom. The van der Waals surface area contributed by atoms with Crippen LogP contribution >= 0.6 is 0 Å². The molecule has 0 aromatic heterocycles. The van der Waals surface area contributed by atoms with Crippen molar-refractivity contribution in [3.63, 3.8) is 0 Å². The van der Waals surface area contributed by atoms with Gasteiger partial charge < -0.3 is 57.0 Å². The summed E-state index contributed by atoms with van der Waals surface area (Å²) in [5.74, 6) is 1.30. The second-order valence-corrected chi connectivity index (χ2v) is 8.31. The van der Waals surface area contributed by atoms with E-state index in [1.807, 2.05) is 13.8 Å². The molecule has 0 amide bonds. The summed E-state index contributed by atoms with van der Waals surface area (Å²) < 4.78 is 0. The molecular weight excluding hydrogens is 512 g/mol. The fraction of sp³-hybridized carbons (Fsp3) is 1.00. The number of nitrogens with zero attached hydrogens (tertiary/aromatic N) is 2. The first-order valence-corrected chi connectivity index (χ1v) is 12.3. The van der Waals surface area contributed by atoms with E-state index >= 15 is 0 Å². The van der Waals surface area contributed by atoms with Gasteiger partial charge in [0, 0.05) is 16.6 Å². The molecule has 1 aliphatic carbocycles. The average molecular weight is 570 g/mol. The zero-order chi connectivity index (χ0) is 25.8. The molecule has 35 heavy (non-hydrogen) atoms. The van der Waals surface area contributed by atoms with Crippen LogP contribution in [0.5, 0.6) is 0 Å². The molecule has 1 saturated carbocycles. The van der Waals surface area contributed by atoms with Crippen molar-refractivity contribution in [3.05, 3.63) is 10.6 Å². The molecular formula is C23H58CuN2O9. The summed E-state index contributed by atoms with van der Waals surface area (Å²) in [5.41, 5.74) is 0. The molecule has 1 radical (unpaired) electrons. The third-order valence-electron chi connectivity index (χ3n) is 5.83. The maximum absolute atomic E-state index is 8.40. The van der Waals surface area contributed by atoms with E-state index in [9.17, 15) is 0 Å². The zero-order valence-corrected chi connectivity index (χ0v) is 22.6. The Balaban J connectivity index is -0.0000000712. The van der Waals surface area contributed by atoms with Crippen LogP contribution in [0.1, 0.15) is 83.3 Å². The van der Waals surface area contributed by atoms with Crippen molar-refractivity contribution in [1.82, 2.24) is 0 Å². The van der Waals surface area contributed by atoms with Gasteiger partial charge in [0.1, 0.15) is 6.79 Å². The van der Waals surface area contributed by atoms with Crippen molar-refractivity contribution in [2.24, 2.45) is 17.8 Å². The summed E-state index contributed by atoms with van der Waals surface area (Å²) in [4.78, 5) is 0. The van der Waals surface area contributed by atoms with Crippen molar-refractivity contribution < 1.29 is 67.7 Å². The average Bonchev–Trinajstić information content (AvgIpc) is 2.81. The first-order valence-electron chi connectivity index (χ1n) is 12.3. The molecule has 5 atom stereocenters. The fourth-order valence-electron chi connectivity index (χ4n) is 4.11. The topological polar surface area (TPSA) is 222 Å². The quantitative estimate of drug-likeness (QED) is 0.181. The summed E-state index contributed by atoms with van der Waals surface area (Å²) in [6.07, 6.45) is 4.74. The second-order valence-electron chi connectivity index (χ2n) is 8.31. The predicted octanol–water partition coefficient (Wildman–Crippen LogP) is 1.29. The monoisotopic (exact) mass is 569 g/mol. The standard InChI is InChI=1S/C12H20N2.C5H12O4.C3H8O2.C2H6.CH4O2.Cu.H2O.3H2/c1-3-9-5-6-10-4-2-8-14-12(10)11(9)13-7-1;1-3(5(8)9)2-4(6)7;1-2-3(4)5;1-2;2-1-3;;;;;/h9-12H,1-8H2;3-9H,2H2,1H3;3-5H,2H2,1H3;1-2H3;2-3H,1H2;;1H2;3*1H/q-2;;;;;+2;;;;/t;3-;;;;;;;;/m.1......../s1. The third-order valence-corrected chi connectivity index (χ3v) is 5.83. The predicted molar refractivity (Wildman–Crippen MR) is 138 cm³/mol. The van der Waals surface area contributed by atoms with Crippen LogP contribution in [0.3, 0.4) is 0 Å². The molecule has 2 aliphatic heterocycles. The normalized spacial score (nSPS) is 25.1. The molecule has 0 aromatic carbocycles. The van der Waals surface area contributed by atoms with Gasteiger partial charge in [-0.2, -0.15) is 0 Å². The molecule has 225 valence electrons. The van der Waals surface area contributed by atoms with E-state index in [0.29, 0.717) is 18.5 Å². The number of hydrogen-bond acceptors (Lipinski definition) is 8. The van der Waals surface area contributed by atoms with Gasteiger partial charge in [0.05, 0.1) is 0 Å². The van der Waals surface area contributed by atoms with Crippen LogP contribution in [0, 0.1) is 17.8 Å². The minimum Gasteiger partial charge on any atom is -0.660 e. The van der Waals surface area contributed by atoms with Crippen molar-refractivity contribution in [1.29, 1.82) is 0 Å². The number of rotatable bonds is 4. The summed E-state index contributed by atoms with van der Waals surface area (Å²) >= 11 is 0. The largest absolute Gasteiger partial charge is 2.00 e. The molecule has 2 heterocycles. The van der Waals surface area contributed by atoms with Crippen molar-refractivity contribution >= 4 is 0 Å². The molecule has 3 rings (SSSR count). The van der Waals surface area contributed by atoms with E-state index in [1.54, 1.807) is 6.92 Å². The van der Waals surface area contributed by atoms with Crippen molar-refractivity contribution in [2.75, 3.05) is 19.9 Å². The number of piperidine rings is 2. The first-order chi connectivity index (χ1) is 15.7. The Morgan fingerprint density at radius 1 is 0.771 bits per heavy atom. The molecule has 0 aromatic rings. The number of fused-ring (bicyclic) bond motifs is 3. The van der Waals surface area contributed by atoms with Gasteiger partial charge in [0.15, 0.2) is 18.9 Å². The van der Waals surface area contributed by atoms with Gasteiger partial charge in [-0.1, -0.05) is 78.1 Å². The Labute approximate surface area is 226 Å². The van der Waals surface area contributed by atoms with Crippen LogP contribution in [-0.2, 0) is 17.1 Å². The maximum atomic E-state index is 8.40. The second kappa shape index (κ2) is 27.1. The van der Waals surface area contributed by atoms with E-state index in [0.717, 1.165) is 24.9 Å². The minimum absolute atomic E-state index is 0. The van der Waals surface area contributed by atoms with Crippen LogP contribution < -0.4 is 0 Å². The molecule has 4 unspecified atom stereocenters. The maximum Gasteiger partial charge on any atom is 2.00 e. The minimum atomic E-state index is -1.47. The SMILES string of the molecule is C1C[N-]C2C(C1)CCC1CCC[N-]C12.CC.CCC(O)O.C[C@H](CC(O)O)C(O)O.O.OCO.[Cu+2].[HH].[HH].[HH]. The van der Waals surface area contributed by atoms with Crippen LogP contribution in [-0.4, -0.2) is 97.2 Å². The van der Waals surface area contributed by atoms with Crippen LogP contribution in [0.25, 0.3) is 10.6 Å². The Kier molecular flexibility index (Phi) is 32.7. The molecule has 3 aliphatic rings. The molecule has 2 saturated heterocycles. The summed E-state index contributed by atoms with van der Waals surface area (Å²) in [5, 5.41) is 73.2. The summed E-state index contributed by atoms with van der Waals surface area (Å²) in [6.45, 7) is 8.69. The number of aliphatic hydroxyl groups excluding tert-OH is 4. The van der Waals surface area contributed by atoms with E-state index in [-0.39, 0.29) is 33.2 Å². The summed E-state index contributed by atoms with van der Waals surface area (Å²) in [6, 6.07) is 1.26. The van der Waals surface area contributed by atoms with Gasteiger partial charge in [-0.25, -0.2) is 0 Å². The molecule has 0 bridgehead atoms. The van der Waals surface area contributed by atoms with Gasteiger partial charge >= 0.3 is 17.1 Å². The summed E-state index contributed by atoms with van der Waals surface area (Å²) in [7, 11) is 0. The Bertz CT molecular complexity index is 418. The van der Waals surface area contributed by atoms with E-state index in [1.165, 1.54) is 45.4 Å². The molecule has 3 fully saturated rings. The Morgan fingerprint density at radius 2 is 1.11 bits per heavy atom. The van der Waals surface area contributed by atoms with Gasteiger partial charge in [-0.3, -0.25) is 0 Å². The third kappa shape index (κ3) is 20.8. The number of aliphatic hydroxyl groups is 8. The van der Waals surface area contributed by atoms with Gasteiger partial charge in [-0.05, 0) is 6.42 Å². The first kappa shape index (κ1) is 42.2. The molecule has 10 N–H and O–H groups in total. The van der Waals surface area contributed by atoms with Crippen LogP contribution in [0.15, 0.2) is 0 Å². The fourth-order valence-corrected chi connectivity index (χ4v) is 4.11. The van der Waals surface area contributed by atoms with E-state index in [2.05, 4.69) is 0 Å².